The Morgan fingerprint density at radius 2 is 1.76 bits per heavy atom. The molecule has 8 N–H and O–H groups in total. The van der Waals surface area contributed by atoms with Gasteiger partial charge < -0.3 is 36.9 Å². The van der Waals surface area contributed by atoms with Gasteiger partial charge in [0.2, 0.25) is 17.7 Å². The number of carboxylic acids is 1. The summed E-state index contributed by atoms with van der Waals surface area (Å²) < 4.78 is 0. The van der Waals surface area contributed by atoms with E-state index in [0.717, 1.165) is 0 Å². The number of aliphatic hydroxyl groups excluding tert-OH is 1. The van der Waals surface area contributed by atoms with Crippen molar-refractivity contribution in [1.82, 2.24) is 25.9 Å². The lowest BCUT2D eigenvalue weighted by Gasteiger charge is -2.27. The van der Waals surface area contributed by atoms with E-state index in [1.165, 1.54) is 25.0 Å². The van der Waals surface area contributed by atoms with Crippen LogP contribution in [0, 0.1) is 5.92 Å². The number of aliphatic hydroxyl groups is 1. The highest BCUT2D eigenvalue weighted by atomic mass is 32.2. The average molecular weight is 501 g/mol. The number of carboxylic acid groups (broad SMARTS) is 1. The van der Waals surface area contributed by atoms with E-state index >= 15 is 0 Å². The summed E-state index contributed by atoms with van der Waals surface area (Å²) in [6, 6.07) is -4.53. The number of carbonyl (C=O) groups excluding carboxylic acids is 3. The van der Waals surface area contributed by atoms with Crippen molar-refractivity contribution in [2.24, 2.45) is 11.7 Å². The van der Waals surface area contributed by atoms with Crippen molar-refractivity contribution >= 4 is 35.5 Å². The fraction of sp³-hybridized carbons (Fsp3) is 0.667. The first-order valence-corrected chi connectivity index (χ1v) is 12.4. The number of nitrogens with zero attached hydrogens (tertiary/aromatic N) is 1. The monoisotopic (exact) mass is 500 g/mol. The number of imidazole rings is 1. The third-order valence-corrected chi connectivity index (χ3v) is 6.06. The second-order valence-electron chi connectivity index (χ2n) is 8.17. The number of aromatic nitrogens is 2. The SMILES string of the molecule is CCC(C)C(NC(=O)C(NC(=O)C(CCSC)NC(=O)C(N)Cc1cnc[nH]1)C(C)O)C(=O)O. The molecule has 0 aliphatic rings. The molecular formula is C21H36N6O6S. The Morgan fingerprint density at radius 1 is 1.12 bits per heavy atom. The van der Waals surface area contributed by atoms with E-state index in [2.05, 4.69) is 25.9 Å². The van der Waals surface area contributed by atoms with Crippen molar-refractivity contribution in [1.29, 1.82) is 0 Å². The van der Waals surface area contributed by atoms with Crippen LogP contribution in [0.3, 0.4) is 0 Å². The number of carbonyl (C=O) groups is 4. The molecule has 0 bridgehead atoms. The van der Waals surface area contributed by atoms with Gasteiger partial charge in [0.25, 0.3) is 0 Å². The van der Waals surface area contributed by atoms with Gasteiger partial charge in [-0.2, -0.15) is 11.8 Å². The molecule has 0 spiro atoms. The van der Waals surface area contributed by atoms with Crippen LogP contribution in [0.2, 0.25) is 0 Å². The molecule has 1 rings (SSSR count). The Bertz CT molecular complexity index is 806. The van der Waals surface area contributed by atoms with Crippen LogP contribution in [0.1, 0.15) is 39.3 Å². The van der Waals surface area contributed by atoms with E-state index < -0.39 is 54.0 Å². The maximum atomic E-state index is 13.0. The minimum absolute atomic E-state index is 0.188. The number of amides is 3. The molecule has 0 saturated carbocycles. The van der Waals surface area contributed by atoms with Gasteiger partial charge in [-0.05, 0) is 31.3 Å². The number of nitrogens with one attached hydrogen (secondary N) is 4. The summed E-state index contributed by atoms with van der Waals surface area (Å²) in [7, 11) is 0. The second-order valence-corrected chi connectivity index (χ2v) is 9.15. The summed E-state index contributed by atoms with van der Waals surface area (Å²) in [5.74, 6) is -3.12. The summed E-state index contributed by atoms with van der Waals surface area (Å²) in [6.07, 6.45) is 4.49. The summed E-state index contributed by atoms with van der Waals surface area (Å²) in [5.41, 5.74) is 6.61. The zero-order chi connectivity index (χ0) is 25.8. The number of thioether (sulfide) groups is 1. The van der Waals surface area contributed by atoms with Crippen LogP contribution in [0.25, 0.3) is 0 Å². The number of aliphatic carboxylic acids is 1. The normalized spacial score (nSPS) is 16.4. The van der Waals surface area contributed by atoms with E-state index in [0.29, 0.717) is 17.9 Å². The summed E-state index contributed by atoms with van der Waals surface area (Å²) in [6.45, 7) is 4.77. The molecule has 6 unspecified atom stereocenters. The number of hydrogen-bond acceptors (Lipinski definition) is 8. The molecule has 0 radical (unpaired) electrons. The number of rotatable bonds is 15. The van der Waals surface area contributed by atoms with E-state index in [9.17, 15) is 29.4 Å². The lowest BCUT2D eigenvalue weighted by Crippen LogP contribution is -2.60. The van der Waals surface area contributed by atoms with Crippen molar-refractivity contribution in [3.63, 3.8) is 0 Å². The quantitative estimate of drug-likeness (QED) is 0.158. The molecule has 6 atom stereocenters. The molecule has 1 aromatic rings. The van der Waals surface area contributed by atoms with E-state index in [4.69, 9.17) is 5.73 Å². The highest BCUT2D eigenvalue weighted by Crippen LogP contribution is 2.09. The van der Waals surface area contributed by atoms with Crippen molar-refractivity contribution in [3.8, 4) is 0 Å². The Balaban J connectivity index is 2.90. The Morgan fingerprint density at radius 3 is 2.26 bits per heavy atom. The Labute approximate surface area is 203 Å². The second kappa shape index (κ2) is 14.6. The van der Waals surface area contributed by atoms with Crippen LogP contribution < -0.4 is 21.7 Å². The first-order chi connectivity index (χ1) is 16.0. The summed E-state index contributed by atoms with van der Waals surface area (Å²) >= 11 is 1.47. The summed E-state index contributed by atoms with van der Waals surface area (Å²) in [4.78, 5) is 56.5. The lowest BCUT2D eigenvalue weighted by molar-refractivity contribution is -0.144. The van der Waals surface area contributed by atoms with E-state index in [1.807, 2.05) is 6.26 Å². The maximum Gasteiger partial charge on any atom is 0.326 e. The van der Waals surface area contributed by atoms with Crippen LogP contribution in [-0.2, 0) is 25.6 Å². The highest BCUT2D eigenvalue weighted by Gasteiger charge is 2.34. The van der Waals surface area contributed by atoms with Gasteiger partial charge in [0.15, 0.2) is 0 Å². The molecule has 0 fully saturated rings. The zero-order valence-corrected chi connectivity index (χ0v) is 20.7. The molecule has 3 amide bonds. The van der Waals surface area contributed by atoms with Gasteiger partial charge in [-0.25, -0.2) is 9.78 Å². The fourth-order valence-electron chi connectivity index (χ4n) is 3.09. The van der Waals surface area contributed by atoms with Crippen molar-refractivity contribution < 1.29 is 29.4 Å². The van der Waals surface area contributed by atoms with Crippen LogP contribution in [-0.4, -0.2) is 86.2 Å². The molecule has 0 aliphatic heterocycles. The van der Waals surface area contributed by atoms with Gasteiger partial charge >= 0.3 is 5.97 Å². The first-order valence-electron chi connectivity index (χ1n) is 11.0. The molecule has 12 nitrogen and oxygen atoms in total. The topological polar surface area (TPSA) is 200 Å². The number of hydrogen-bond donors (Lipinski definition) is 7. The summed E-state index contributed by atoms with van der Waals surface area (Å²) in [5, 5.41) is 27.0. The van der Waals surface area contributed by atoms with Gasteiger partial charge in [-0.1, -0.05) is 20.3 Å². The van der Waals surface area contributed by atoms with Crippen LogP contribution in [0.5, 0.6) is 0 Å². The molecule has 0 aliphatic carbocycles. The minimum Gasteiger partial charge on any atom is -0.480 e. The van der Waals surface area contributed by atoms with Gasteiger partial charge in [0.1, 0.15) is 18.1 Å². The molecule has 1 heterocycles. The highest BCUT2D eigenvalue weighted by molar-refractivity contribution is 7.98. The third kappa shape index (κ3) is 9.31. The molecule has 0 saturated heterocycles. The largest absolute Gasteiger partial charge is 0.480 e. The smallest absolute Gasteiger partial charge is 0.326 e. The van der Waals surface area contributed by atoms with Gasteiger partial charge in [-0.15, -0.1) is 0 Å². The van der Waals surface area contributed by atoms with Gasteiger partial charge in [-0.3, -0.25) is 14.4 Å². The number of H-pyrrole nitrogens is 1. The van der Waals surface area contributed by atoms with Crippen molar-refractivity contribution in [2.45, 2.75) is 70.3 Å². The Kier molecular flexibility index (Phi) is 12.6. The zero-order valence-electron chi connectivity index (χ0n) is 19.9. The molecule has 192 valence electrons. The standard InChI is InChI=1S/C21H36N6O6S/c1-5-11(2)16(21(32)33)26-20(31)17(12(3)28)27-19(30)15(6-7-34-4)25-18(29)14(22)8-13-9-23-10-24-13/h9-12,14-17,28H,5-8,22H2,1-4H3,(H,23,24)(H,25,29)(H,26,31)(H,27,30)(H,32,33). The van der Waals surface area contributed by atoms with E-state index in [1.54, 1.807) is 20.0 Å². The molecule has 34 heavy (non-hydrogen) atoms. The Hall–Kier alpha value is -2.64. The van der Waals surface area contributed by atoms with Crippen molar-refractivity contribution in [2.75, 3.05) is 12.0 Å². The predicted molar refractivity (Wildman–Crippen MR) is 128 cm³/mol. The first kappa shape index (κ1) is 29.4. The molecular weight excluding hydrogens is 464 g/mol. The number of aromatic amines is 1. The fourth-order valence-corrected chi connectivity index (χ4v) is 3.57. The molecule has 1 aromatic heterocycles. The van der Waals surface area contributed by atoms with Crippen LogP contribution in [0.4, 0.5) is 0 Å². The molecule has 13 heteroatoms. The van der Waals surface area contributed by atoms with Crippen LogP contribution >= 0.6 is 11.8 Å². The van der Waals surface area contributed by atoms with E-state index in [-0.39, 0.29) is 18.8 Å². The van der Waals surface area contributed by atoms with Gasteiger partial charge in [0.05, 0.1) is 18.5 Å². The third-order valence-electron chi connectivity index (χ3n) is 5.41. The van der Waals surface area contributed by atoms with Gasteiger partial charge in [0, 0.05) is 18.3 Å². The minimum atomic E-state index is -1.41. The maximum absolute atomic E-state index is 13.0. The average Bonchev–Trinajstić information content (AvgIpc) is 3.29. The predicted octanol–water partition coefficient (Wildman–Crippen LogP) is -1.00. The van der Waals surface area contributed by atoms with Crippen LogP contribution in [0.15, 0.2) is 12.5 Å². The van der Waals surface area contributed by atoms with Crippen molar-refractivity contribution in [3.05, 3.63) is 18.2 Å². The lowest BCUT2D eigenvalue weighted by atomic mass is 9.98. The molecule has 0 aromatic carbocycles. The number of nitrogens with two attached hydrogens (primary N) is 1.